The number of nitrogen functional groups attached to an aromatic ring is 1. The molecule has 0 spiro atoms. The van der Waals surface area contributed by atoms with Crippen molar-refractivity contribution in [2.45, 2.75) is 24.4 Å². The Balaban J connectivity index is 1.47. The molecule has 1 aliphatic rings. The molecule has 0 radical (unpaired) electrons. The number of aromatic nitrogens is 2. The molecule has 1 aliphatic heterocycles. The van der Waals surface area contributed by atoms with Gasteiger partial charge in [0.15, 0.2) is 5.16 Å². The number of carbonyl (C=O) groups is 2. The second-order valence-electron chi connectivity index (χ2n) is 5.91. The molecule has 1 aromatic heterocycles. The van der Waals surface area contributed by atoms with E-state index in [2.05, 4.69) is 15.3 Å². The van der Waals surface area contributed by atoms with E-state index < -0.39 is 0 Å². The summed E-state index contributed by atoms with van der Waals surface area (Å²) >= 11 is 1.30. The van der Waals surface area contributed by atoms with Gasteiger partial charge in [0.2, 0.25) is 11.8 Å². The van der Waals surface area contributed by atoms with Crippen LogP contribution in [0.25, 0.3) is 0 Å². The van der Waals surface area contributed by atoms with Crippen molar-refractivity contribution < 1.29 is 9.59 Å². The van der Waals surface area contributed by atoms with Crippen LogP contribution in [-0.2, 0) is 9.59 Å². The minimum atomic E-state index is -0.130. The zero-order valence-corrected chi connectivity index (χ0v) is 15.3. The van der Waals surface area contributed by atoms with E-state index in [1.807, 2.05) is 18.2 Å². The van der Waals surface area contributed by atoms with Gasteiger partial charge in [0, 0.05) is 36.5 Å². The van der Waals surface area contributed by atoms with Crippen LogP contribution in [0.1, 0.15) is 24.8 Å². The number of hydrogen-bond donors (Lipinski definition) is 2. The molecule has 0 bridgehead atoms. The van der Waals surface area contributed by atoms with Crippen LogP contribution < -0.4 is 16.0 Å². The lowest BCUT2D eigenvalue weighted by Crippen LogP contribution is -2.23. The summed E-state index contributed by atoms with van der Waals surface area (Å²) in [7, 11) is 0. The molecule has 9 heteroatoms. The molecule has 1 saturated heterocycles. The van der Waals surface area contributed by atoms with Gasteiger partial charge in [0.1, 0.15) is 17.5 Å². The highest BCUT2D eigenvalue weighted by Crippen LogP contribution is 2.23. The van der Waals surface area contributed by atoms with Gasteiger partial charge < -0.3 is 16.0 Å². The number of thioether (sulfide) groups is 1. The van der Waals surface area contributed by atoms with Crippen molar-refractivity contribution in [1.29, 1.82) is 5.26 Å². The van der Waals surface area contributed by atoms with E-state index in [4.69, 9.17) is 11.0 Å². The predicted molar refractivity (Wildman–Crippen MR) is 103 cm³/mol. The lowest BCUT2D eigenvalue weighted by molar-refractivity contribution is -0.117. The highest BCUT2D eigenvalue weighted by molar-refractivity contribution is 7.99. The number of nitrogens with two attached hydrogens (primary N) is 1. The van der Waals surface area contributed by atoms with Gasteiger partial charge in [-0.1, -0.05) is 11.8 Å². The van der Waals surface area contributed by atoms with Crippen LogP contribution in [0.5, 0.6) is 0 Å². The summed E-state index contributed by atoms with van der Waals surface area (Å²) in [6.07, 6.45) is 3.12. The molecule has 3 N–H and O–H groups in total. The smallest absolute Gasteiger partial charge is 0.227 e. The van der Waals surface area contributed by atoms with E-state index in [0.29, 0.717) is 23.0 Å². The number of nitrogens with one attached hydrogen (secondary N) is 1. The van der Waals surface area contributed by atoms with Crippen LogP contribution in [0.15, 0.2) is 35.6 Å². The highest BCUT2D eigenvalue weighted by Gasteiger charge is 2.21. The molecule has 0 unspecified atom stereocenters. The predicted octanol–water partition coefficient (Wildman–Crippen LogP) is 2.18. The molecule has 0 saturated carbocycles. The van der Waals surface area contributed by atoms with Crippen LogP contribution in [0.2, 0.25) is 0 Å². The molecule has 2 heterocycles. The fourth-order valence-corrected chi connectivity index (χ4v) is 3.40. The first-order valence-corrected chi connectivity index (χ1v) is 9.41. The van der Waals surface area contributed by atoms with E-state index in [1.54, 1.807) is 17.0 Å². The fraction of sp³-hybridized carbons (Fsp3) is 0.278. The zero-order valence-electron chi connectivity index (χ0n) is 14.5. The van der Waals surface area contributed by atoms with Gasteiger partial charge in [-0.15, -0.1) is 0 Å². The first-order chi connectivity index (χ1) is 13.1. The minimum absolute atomic E-state index is 0.130. The van der Waals surface area contributed by atoms with Gasteiger partial charge in [-0.05, 0) is 30.7 Å². The maximum atomic E-state index is 12.1. The van der Waals surface area contributed by atoms with Crippen molar-refractivity contribution in [1.82, 2.24) is 9.97 Å². The maximum absolute atomic E-state index is 12.1. The first-order valence-electron chi connectivity index (χ1n) is 8.42. The minimum Gasteiger partial charge on any atom is -0.382 e. The molecule has 138 valence electrons. The SMILES string of the molecule is N#Cc1cnc(SCCC(=O)Nc2ccc(N3CCCC3=O)cc2)nc1N. The number of nitriles is 1. The van der Waals surface area contributed by atoms with Crippen molar-refractivity contribution in [2.75, 3.05) is 28.2 Å². The number of nitrogens with zero attached hydrogens (tertiary/aromatic N) is 4. The molecule has 8 nitrogen and oxygen atoms in total. The Bertz CT molecular complexity index is 894. The Morgan fingerprint density at radius 3 is 2.78 bits per heavy atom. The molecule has 27 heavy (non-hydrogen) atoms. The second kappa shape index (κ2) is 8.51. The topological polar surface area (TPSA) is 125 Å². The zero-order chi connectivity index (χ0) is 19.2. The van der Waals surface area contributed by atoms with Crippen LogP contribution in [-0.4, -0.2) is 34.1 Å². The Labute approximate surface area is 160 Å². The van der Waals surface area contributed by atoms with Gasteiger partial charge in [-0.25, -0.2) is 9.97 Å². The van der Waals surface area contributed by atoms with E-state index >= 15 is 0 Å². The van der Waals surface area contributed by atoms with E-state index in [0.717, 1.165) is 18.7 Å². The number of carbonyl (C=O) groups excluding carboxylic acids is 2. The first kappa shape index (κ1) is 18.7. The normalized spacial score (nSPS) is 13.4. The number of amides is 2. The summed E-state index contributed by atoms with van der Waals surface area (Å²) in [4.78, 5) is 33.6. The molecular weight excluding hydrogens is 364 g/mol. The number of hydrogen-bond acceptors (Lipinski definition) is 7. The average Bonchev–Trinajstić information content (AvgIpc) is 3.08. The second-order valence-corrected chi connectivity index (χ2v) is 6.97. The third-order valence-corrected chi connectivity index (χ3v) is 4.88. The van der Waals surface area contributed by atoms with Crippen LogP contribution in [0.4, 0.5) is 17.2 Å². The Hall–Kier alpha value is -3.12. The third kappa shape index (κ3) is 4.74. The molecular formula is C18H18N6O2S. The molecule has 0 aliphatic carbocycles. The Morgan fingerprint density at radius 2 is 2.15 bits per heavy atom. The van der Waals surface area contributed by atoms with Gasteiger partial charge >= 0.3 is 0 Å². The Kier molecular flexibility index (Phi) is 5.88. The van der Waals surface area contributed by atoms with Gasteiger partial charge in [-0.2, -0.15) is 5.26 Å². The standard InChI is InChI=1S/C18H18N6O2S/c19-10-12-11-21-18(23-17(12)20)27-9-7-15(25)22-13-3-5-14(6-4-13)24-8-1-2-16(24)26/h3-6,11H,1-2,7-9H2,(H,22,25)(H2,20,21,23). The molecule has 3 rings (SSSR count). The molecule has 2 amide bonds. The van der Waals surface area contributed by atoms with E-state index in [9.17, 15) is 9.59 Å². The quantitative estimate of drug-likeness (QED) is 0.579. The van der Waals surface area contributed by atoms with Crippen LogP contribution >= 0.6 is 11.8 Å². The van der Waals surface area contributed by atoms with Crippen molar-refractivity contribution in [3.8, 4) is 6.07 Å². The summed E-state index contributed by atoms with van der Waals surface area (Å²) in [5.74, 6) is 0.622. The summed E-state index contributed by atoms with van der Waals surface area (Å²) in [5, 5.41) is 12.1. The summed E-state index contributed by atoms with van der Waals surface area (Å²) in [5.41, 5.74) is 7.40. The number of anilines is 3. The van der Waals surface area contributed by atoms with Crippen LogP contribution in [0, 0.1) is 11.3 Å². The molecule has 1 aromatic carbocycles. The lowest BCUT2D eigenvalue weighted by atomic mass is 10.2. The molecule has 2 aromatic rings. The summed E-state index contributed by atoms with van der Waals surface area (Å²) in [6.45, 7) is 0.740. The summed E-state index contributed by atoms with van der Waals surface area (Å²) in [6, 6.07) is 9.15. The number of rotatable bonds is 6. The third-order valence-electron chi connectivity index (χ3n) is 4.01. The summed E-state index contributed by atoms with van der Waals surface area (Å²) < 4.78 is 0. The molecule has 1 fully saturated rings. The largest absolute Gasteiger partial charge is 0.382 e. The van der Waals surface area contributed by atoms with Crippen molar-refractivity contribution in [3.05, 3.63) is 36.0 Å². The van der Waals surface area contributed by atoms with Crippen molar-refractivity contribution in [2.24, 2.45) is 0 Å². The van der Waals surface area contributed by atoms with E-state index in [1.165, 1.54) is 18.0 Å². The maximum Gasteiger partial charge on any atom is 0.227 e. The van der Waals surface area contributed by atoms with Crippen LogP contribution in [0.3, 0.4) is 0 Å². The molecule has 0 atom stereocenters. The lowest BCUT2D eigenvalue weighted by Gasteiger charge is -2.16. The van der Waals surface area contributed by atoms with Gasteiger partial charge in [0.25, 0.3) is 0 Å². The number of benzene rings is 1. The Morgan fingerprint density at radius 1 is 1.37 bits per heavy atom. The van der Waals surface area contributed by atoms with Crippen molar-refractivity contribution >= 4 is 40.8 Å². The fourth-order valence-electron chi connectivity index (χ4n) is 2.64. The van der Waals surface area contributed by atoms with Gasteiger partial charge in [0.05, 0.1) is 6.20 Å². The van der Waals surface area contributed by atoms with Gasteiger partial charge in [-0.3, -0.25) is 9.59 Å². The highest BCUT2D eigenvalue weighted by atomic mass is 32.2. The average molecular weight is 382 g/mol. The van der Waals surface area contributed by atoms with Crippen molar-refractivity contribution in [3.63, 3.8) is 0 Å². The monoisotopic (exact) mass is 382 g/mol. The van der Waals surface area contributed by atoms with E-state index in [-0.39, 0.29) is 29.6 Å².